The van der Waals surface area contributed by atoms with E-state index in [0.29, 0.717) is 17.8 Å². The maximum atomic E-state index is 11.5. The van der Waals surface area contributed by atoms with E-state index in [4.69, 9.17) is 4.74 Å². The SMILES string of the molecule is O=c1ccc(Br)nn1C1CCOCC1. The third-order valence-corrected chi connectivity index (χ3v) is 2.75. The lowest BCUT2D eigenvalue weighted by molar-refractivity contribution is 0.0646. The van der Waals surface area contributed by atoms with Gasteiger partial charge >= 0.3 is 0 Å². The molecule has 0 unspecified atom stereocenters. The van der Waals surface area contributed by atoms with Gasteiger partial charge in [0.25, 0.3) is 5.56 Å². The first-order valence-electron chi connectivity index (χ1n) is 4.60. The second-order valence-electron chi connectivity index (χ2n) is 3.28. The highest BCUT2D eigenvalue weighted by molar-refractivity contribution is 9.10. The van der Waals surface area contributed by atoms with Gasteiger partial charge in [0.2, 0.25) is 0 Å². The van der Waals surface area contributed by atoms with Crippen molar-refractivity contribution in [3.8, 4) is 0 Å². The zero-order valence-electron chi connectivity index (χ0n) is 7.65. The van der Waals surface area contributed by atoms with Gasteiger partial charge in [0.15, 0.2) is 0 Å². The van der Waals surface area contributed by atoms with Crippen LogP contribution in [0.4, 0.5) is 0 Å². The second kappa shape index (κ2) is 4.23. The molecule has 2 rings (SSSR count). The Balaban J connectivity index is 2.29. The van der Waals surface area contributed by atoms with Crippen molar-refractivity contribution in [1.29, 1.82) is 0 Å². The van der Waals surface area contributed by atoms with Crippen molar-refractivity contribution in [2.75, 3.05) is 13.2 Å². The highest BCUT2D eigenvalue weighted by atomic mass is 79.9. The normalized spacial score (nSPS) is 18.4. The molecule has 1 aromatic heterocycles. The van der Waals surface area contributed by atoms with Gasteiger partial charge < -0.3 is 4.74 Å². The first-order valence-corrected chi connectivity index (χ1v) is 5.40. The summed E-state index contributed by atoms with van der Waals surface area (Å²) in [4.78, 5) is 11.5. The lowest BCUT2D eigenvalue weighted by Gasteiger charge is -2.22. The van der Waals surface area contributed by atoms with Crippen molar-refractivity contribution in [2.45, 2.75) is 18.9 Å². The number of nitrogens with zero attached hydrogens (tertiary/aromatic N) is 2. The minimum atomic E-state index is -0.0416. The van der Waals surface area contributed by atoms with Crippen LogP contribution in [0.15, 0.2) is 21.5 Å². The molecule has 0 atom stereocenters. The molecule has 0 aromatic carbocycles. The molecule has 1 aromatic rings. The number of rotatable bonds is 1. The van der Waals surface area contributed by atoms with Gasteiger partial charge in [0.1, 0.15) is 4.60 Å². The molecule has 5 heteroatoms. The van der Waals surface area contributed by atoms with E-state index in [1.54, 1.807) is 10.7 Å². The quantitative estimate of drug-likeness (QED) is 0.764. The summed E-state index contributed by atoms with van der Waals surface area (Å²) < 4.78 is 7.48. The Bertz CT molecular complexity index is 371. The zero-order chi connectivity index (χ0) is 9.97. The molecule has 2 heterocycles. The van der Waals surface area contributed by atoms with Crippen LogP contribution in [0.1, 0.15) is 18.9 Å². The van der Waals surface area contributed by atoms with Crippen LogP contribution in [0, 0.1) is 0 Å². The molecular formula is C9H11BrN2O2. The van der Waals surface area contributed by atoms with Crippen molar-refractivity contribution in [3.63, 3.8) is 0 Å². The molecule has 1 aliphatic heterocycles. The molecule has 0 radical (unpaired) electrons. The molecule has 4 nitrogen and oxygen atoms in total. The summed E-state index contributed by atoms with van der Waals surface area (Å²) in [5.41, 5.74) is -0.0416. The van der Waals surface area contributed by atoms with Crippen LogP contribution >= 0.6 is 15.9 Å². The first kappa shape index (κ1) is 9.86. The van der Waals surface area contributed by atoms with E-state index in [1.165, 1.54) is 6.07 Å². The van der Waals surface area contributed by atoms with Gasteiger partial charge in [0, 0.05) is 19.3 Å². The summed E-state index contributed by atoms with van der Waals surface area (Å²) >= 11 is 3.26. The Morgan fingerprint density at radius 3 is 2.86 bits per heavy atom. The van der Waals surface area contributed by atoms with Crippen LogP contribution in [-0.2, 0) is 4.74 Å². The van der Waals surface area contributed by atoms with Crippen LogP contribution in [0.5, 0.6) is 0 Å². The fraction of sp³-hybridized carbons (Fsp3) is 0.556. The third kappa shape index (κ3) is 2.04. The van der Waals surface area contributed by atoms with Crippen LogP contribution in [0.2, 0.25) is 0 Å². The Kier molecular flexibility index (Phi) is 2.98. The maximum absolute atomic E-state index is 11.5. The molecule has 0 N–H and O–H groups in total. The van der Waals surface area contributed by atoms with E-state index in [9.17, 15) is 4.79 Å². The van der Waals surface area contributed by atoms with Gasteiger partial charge in [-0.15, -0.1) is 0 Å². The minimum absolute atomic E-state index is 0.0416. The lowest BCUT2D eigenvalue weighted by Crippen LogP contribution is -2.30. The summed E-state index contributed by atoms with van der Waals surface area (Å²) in [6.07, 6.45) is 1.73. The van der Waals surface area contributed by atoms with E-state index >= 15 is 0 Å². The van der Waals surface area contributed by atoms with Crippen molar-refractivity contribution in [1.82, 2.24) is 9.78 Å². The third-order valence-electron chi connectivity index (χ3n) is 2.33. The largest absolute Gasteiger partial charge is 0.381 e. The summed E-state index contributed by atoms with van der Waals surface area (Å²) in [5.74, 6) is 0. The predicted molar refractivity (Wildman–Crippen MR) is 55.3 cm³/mol. The smallest absolute Gasteiger partial charge is 0.267 e. The predicted octanol–water partition coefficient (Wildman–Crippen LogP) is 1.36. The fourth-order valence-electron chi connectivity index (χ4n) is 1.59. The summed E-state index contributed by atoms with van der Waals surface area (Å²) in [6.45, 7) is 1.43. The molecular weight excluding hydrogens is 248 g/mol. The van der Waals surface area contributed by atoms with Crippen LogP contribution in [0.3, 0.4) is 0 Å². The van der Waals surface area contributed by atoms with Gasteiger partial charge in [-0.1, -0.05) is 0 Å². The minimum Gasteiger partial charge on any atom is -0.381 e. The molecule has 76 valence electrons. The summed E-state index contributed by atoms with van der Waals surface area (Å²) in [6, 6.07) is 3.39. The average Bonchev–Trinajstić information content (AvgIpc) is 2.23. The molecule has 14 heavy (non-hydrogen) atoms. The first-order chi connectivity index (χ1) is 6.77. The van der Waals surface area contributed by atoms with E-state index in [2.05, 4.69) is 21.0 Å². The summed E-state index contributed by atoms with van der Waals surface area (Å²) in [5, 5.41) is 4.16. The molecule has 0 aliphatic carbocycles. The van der Waals surface area contributed by atoms with E-state index in [-0.39, 0.29) is 11.6 Å². The van der Waals surface area contributed by atoms with E-state index in [0.717, 1.165) is 12.8 Å². The van der Waals surface area contributed by atoms with Gasteiger partial charge in [-0.25, -0.2) is 4.68 Å². The Morgan fingerprint density at radius 1 is 1.43 bits per heavy atom. The van der Waals surface area contributed by atoms with Crippen molar-refractivity contribution in [2.24, 2.45) is 0 Å². The number of ether oxygens (including phenoxy) is 1. The van der Waals surface area contributed by atoms with Gasteiger partial charge in [-0.3, -0.25) is 4.79 Å². The van der Waals surface area contributed by atoms with Crippen molar-refractivity contribution >= 4 is 15.9 Å². The topological polar surface area (TPSA) is 44.1 Å². The van der Waals surface area contributed by atoms with E-state index in [1.807, 2.05) is 0 Å². The molecule has 0 saturated carbocycles. The Hall–Kier alpha value is -0.680. The standard InChI is InChI=1S/C9H11BrN2O2/c10-8-1-2-9(13)12(11-8)7-3-5-14-6-4-7/h1-2,7H,3-6H2. The maximum Gasteiger partial charge on any atom is 0.267 e. The number of hydrogen-bond donors (Lipinski definition) is 0. The average molecular weight is 259 g/mol. The molecule has 1 fully saturated rings. The molecule has 0 amide bonds. The van der Waals surface area contributed by atoms with Crippen LogP contribution in [0.25, 0.3) is 0 Å². The van der Waals surface area contributed by atoms with Gasteiger partial charge in [-0.2, -0.15) is 5.10 Å². The highest BCUT2D eigenvalue weighted by Gasteiger charge is 2.17. The van der Waals surface area contributed by atoms with Gasteiger partial charge in [0.05, 0.1) is 6.04 Å². The molecule has 0 spiro atoms. The molecule has 1 saturated heterocycles. The number of halogens is 1. The summed E-state index contributed by atoms with van der Waals surface area (Å²) in [7, 11) is 0. The van der Waals surface area contributed by atoms with E-state index < -0.39 is 0 Å². The van der Waals surface area contributed by atoms with Crippen molar-refractivity contribution < 1.29 is 4.74 Å². The highest BCUT2D eigenvalue weighted by Crippen LogP contribution is 2.18. The monoisotopic (exact) mass is 258 g/mol. The van der Waals surface area contributed by atoms with Gasteiger partial charge in [-0.05, 0) is 34.8 Å². The van der Waals surface area contributed by atoms with Crippen molar-refractivity contribution in [3.05, 3.63) is 27.1 Å². The molecule has 1 aliphatic rings. The van der Waals surface area contributed by atoms with Crippen LogP contribution < -0.4 is 5.56 Å². The van der Waals surface area contributed by atoms with Crippen LogP contribution in [-0.4, -0.2) is 23.0 Å². The fourth-order valence-corrected chi connectivity index (χ4v) is 1.90. The Labute approximate surface area is 90.0 Å². The lowest BCUT2D eigenvalue weighted by atomic mass is 10.1. The second-order valence-corrected chi connectivity index (χ2v) is 4.09. The molecule has 0 bridgehead atoms. The number of aromatic nitrogens is 2. The number of hydrogen-bond acceptors (Lipinski definition) is 3. The Morgan fingerprint density at radius 2 is 2.14 bits per heavy atom. The zero-order valence-corrected chi connectivity index (χ0v) is 9.24.